The third kappa shape index (κ3) is 3.53. The van der Waals surface area contributed by atoms with Gasteiger partial charge in [0.25, 0.3) is 0 Å². The van der Waals surface area contributed by atoms with Crippen LogP contribution < -0.4 is 15.5 Å². The Hall–Kier alpha value is -2.72. The van der Waals surface area contributed by atoms with E-state index in [0.29, 0.717) is 13.1 Å². The number of amides is 2. The molecule has 1 aromatic carbocycles. The van der Waals surface area contributed by atoms with Crippen molar-refractivity contribution in [3.63, 3.8) is 0 Å². The maximum absolute atomic E-state index is 15.9. The molecule has 3 aliphatic rings. The third-order valence-corrected chi connectivity index (χ3v) is 6.39. The van der Waals surface area contributed by atoms with E-state index in [9.17, 15) is 19.2 Å². The lowest BCUT2D eigenvalue weighted by molar-refractivity contribution is -0.141. The molecule has 3 aliphatic heterocycles. The Kier molecular flexibility index (Phi) is 5.61. The molecule has 0 radical (unpaired) electrons. The molecule has 4 rings (SSSR count). The predicted octanol–water partition coefficient (Wildman–Crippen LogP) is 0.581. The van der Waals surface area contributed by atoms with Gasteiger partial charge in [-0.25, -0.2) is 8.78 Å². The molecule has 0 saturated carbocycles. The largest absolute Gasteiger partial charge is 0.361 e. The zero-order valence-electron chi connectivity index (χ0n) is 17.3. The summed E-state index contributed by atoms with van der Waals surface area (Å²) >= 11 is 0. The van der Waals surface area contributed by atoms with Crippen LogP contribution >= 0.6 is 0 Å². The fourth-order valence-corrected chi connectivity index (χ4v) is 5.01. The zero-order valence-corrected chi connectivity index (χ0v) is 17.3. The second-order valence-electron chi connectivity index (χ2n) is 8.41. The van der Waals surface area contributed by atoms with Crippen molar-refractivity contribution in [2.75, 3.05) is 18.0 Å². The summed E-state index contributed by atoms with van der Waals surface area (Å²) in [7, 11) is 0. The van der Waals surface area contributed by atoms with E-state index >= 15 is 8.78 Å². The van der Waals surface area contributed by atoms with E-state index in [1.54, 1.807) is 4.90 Å². The number of carbonyl (C=O) groups is 4. The van der Waals surface area contributed by atoms with Gasteiger partial charge in [-0.15, -0.1) is 0 Å². The van der Waals surface area contributed by atoms with Crippen molar-refractivity contribution in [1.29, 1.82) is 0 Å². The molecule has 1 aromatic rings. The minimum atomic E-state index is -1.42. The van der Waals surface area contributed by atoms with Crippen LogP contribution in [-0.2, 0) is 25.7 Å². The molecule has 166 valence electrons. The quantitative estimate of drug-likeness (QED) is 0.406. The van der Waals surface area contributed by atoms with Gasteiger partial charge in [0.05, 0.1) is 11.7 Å². The van der Waals surface area contributed by atoms with Crippen molar-refractivity contribution in [2.24, 2.45) is 0 Å². The van der Waals surface area contributed by atoms with E-state index < -0.39 is 41.3 Å². The van der Waals surface area contributed by atoms with E-state index in [-0.39, 0.29) is 54.6 Å². The van der Waals surface area contributed by atoms with E-state index in [0.717, 1.165) is 6.07 Å². The fourth-order valence-electron chi connectivity index (χ4n) is 5.01. The number of halogens is 2. The maximum atomic E-state index is 15.9. The van der Waals surface area contributed by atoms with Crippen LogP contribution in [0.4, 0.5) is 14.5 Å². The number of Topliss-reactive ketones (excluding diaryl/α,β-unsaturated/α-hetero) is 1. The second-order valence-corrected chi connectivity index (χ2v) is 8.41. The third-order valence-electron chi connectivity index (χ3n) is 6.39. The Bertz CT molecular complexity index is 959. The van der Waals surface area contributed by atoms with Crippen molar-refractivity contribution < 1.29 is 28.0 Å². The number of nitrogens with zero attached hydrogens (tertiary/aromatic N) is 2. The Labute approximate surface area is 177 Å². The molecule has 0 aliphatic carbocycles. The number of fused-ring (bicyclic) bond motifs is 1. The Morgan fingerprint density at radius 2 is 1.87 bits per heavy atom. The number of aldehydes is 1. The predicted molar refractivity (Wildman–Crippen MR) is 106 cm³/mol. The van der Waals surface area contributed by atoms with Crippen LogP contribution in [-0.4, -0.2) is 60.0 Å². The Morgan fingerprint density at radius 1 is 1.19 bits per heavy atom. The number of ketones is 1. The minimum Gasteiger partial charge on any atom is -0.361 e. The first-order chi connectivity index (χ1) is 14.7. The molecule has 3 heterocycles. The topological polar surface area (TPSA) is 98.8 Å². The van der Waals surface area contributed by atoms with Crippen LogP contribution in [0.25, 0.3) is 0 Å². The van der Waals surface area contributed by atoms with Gasteiger partial charge < -0.3 is 10.2 Å². The Morgan fingerprint density at radius 3 is 2.48 bits per heavy atom. The molecule has 2 fully saturated rings. The Balaban J connectivity index is 1.81. The van der Waals surface area contributed by atoms with Crippen LogP contribution in [0.1, 0.15) is 43.9 Å². The first kappa shape index (κ1) is 21.5. The van der Waals surface area contributed by atoms with Crippen molar-refractivity contribution in [3.8, 4) is 0 Å². The molecular weight excluding hydrogens is 410 g/mol. The lowest BCUT2D eigenvalue weighted by Gasteiger charge is -2.41. The van der Waals surface area contributed by atoms with Gasteiger partial charge in [-0.2, -0.15) is 0 Å². The molecule has 0 bridgehead atoms. The van der Waals surface area contributed by atoms with Crippen LogP contribution in [0.3, 0.4) is 0 Å². The summed E-state index contributed by atoms with van der Waals surface area (Å²) in [4.78, 5) is 50.9. The normalized spacial score (nSPS) is 29.0. The average Bonchev–Trinajstić information content (AvgIpc) is 3.12. The van der Waals surface area contributed by atoms with Crippen molar-refractivity contribution in [2.45, 2.75) is 57.4 Å². The maximum Gasteiger partial charge on any atom is 0.243 e. The highest BCUT2D eigenvalue weighted by molar-refractivity contribution is 6.27. The lowest BCUT2D eigenvalue weighted by atomic mass is 9.96. The van der Waals surface area contributed by atoms with Gasteiger partial charge in [-0.3, -0.25) is 29.4 Å². The van der Waals surface area contributed by atoms with E-state index in [2.05, 4.69) is 10.6 Å². The molecular formula is C21H24F2N4O4. The molecule has 4 unspecified atom stereocenters. The van der Waals surface area contributed by atoms with Crippen molar-refractivity contribution >= 4 is 29.6 Å². The number of nitrogens with one attached hydrogen (secondary N) is 2. The molecule has 0 spiro atoms. The van der Waals surface area contributed by atoms with Gasteiger partial charge in [0.2, 0.25) is 17.6 Å². The molecule has 2 saturated heterocycles. The summed E-state index contributed by atoms with van der Waals surface area (Å²) in [6.07, 6.45) is 0.208. The van der Waals surface area contributed by atoms with Crippen LogP contribution in [0.2, 0.25) is 0 Å². The highest BCUT2D eigenvalue weighted by Gasteiger charge is 2.47. The number of benzene rings is 1. The number of rotatable bonds is 4. The number of hydrogen-bond acceptors (Lipinski definition) is 7. The van der Waals surface area contributed by atoms with Gasteiger partial charge in [0.1, 0.15) is 11.9 Å². The molecule has 2 amide bonds. The zero-order chi connectivity index (χ0) is 22.4. The van der Waals surface area contributed by atoms with Crippen LogP contribution in [0.15, 0.2) is 6.07 Å². The highest BCUT2D eigenvalue weighted by Crippen LogP contribution is 2.43. The van der Waals surface area contributed by atoms with E-state index in [1.165, 1.54) is 4.90 Å². The lowest BCUT2D eigenvalue weighted by Crippen LogP contribution is -2.55. The van der Waals surface area contributed by atoms with E-state index in [1.807, 2.05) is 13.8 Å². The first-order valence-electron chi connectivity index (χ1n) is 10.3. The standard InChI is InChI=1S/C21H24F2N4O4/c1-10-6-24-7-11(2)27(10)15-5-13(22)12-8-26(14-3-4-17(30)25-21(14)31)20(16(29)9-28)18(12)19(15)23/h5,9-11,14,20,24H,3-4,6-8H2,1-2H3,(H,25,30,31). The highest BCUT2D eigenvalue weighted by atomic mass is 19.1. The number of carbonyl (C=O) groups excluding carboxylic acids is 4. The monoisotopic (exact) mass is 434 g/mol. The molecule has 4 atom stereocenters. The average molecular weight is 434 g/mol. The summed E-state index contributed by atoms with van der Waals surface area (Å²) in [5.41, 5.74) is -0.206. The van der Waals surface area contributed by atoms with Crippen LogP contribution in [0, 0.1) is 11.6 Å². The van der Waals surface area contributed by atoms with E-state index in [4.69, 9.17) is 0 Å². The summed E-state index contributed by atoms with van der Waals surface area (Å²) in [6, 6.07) is -1.48. The number of piperidine rings is 1. The number of piperazine rings is 1. The SMILES string of the molecule is CC1CNCC(C)N1c1cc(F)c2c(c1F)C(C(=O)C=O)N(C1CCC(=O)NC1=O)C2. The van der Waals surface area contributed by atoms with Gasteiger partial charge in [-0.05, 0) is 20.3 Å². The molecule has 0 aromatic heterocycles. The van der Waals surface area contributed by atoms with Crippen LogP contribution in [0.5, 0.6) is 0 Å². The number of anilines is 1. The second kappa shape index (κ2) is 8.08. The van der Waals surface area contributed by atoms with Gasteiger partial charge in [0.15, 0.2) is 12.1 Å². The molecule has 8 nitrogen and oxygen atoms in total. The summed E-state index contributed by atoms with van der Waals surface area (Å²) in [5, 5.41) is 5.42. The van der Waals surface area contributed by atoms with Gasteiger partial charge in [-0.1, -0.05) is 0 Å². The van der Waals surface area contributed by atoms with Gasteiger partial charge >= 0.3 is 0 Å². The molecule has 2 N–H and O–H groups in total. The fraction of sp³-hybridized carbons (Fsp3) is 0.524. The first-order valence-corrected chi connectivity index (χ1v) is 10.3. The molecule has 31 heavy (non-hydrogen) atoms. The molecule has 10 heteroatoms. The number of imide groups is 1. The smallest absolute Gasteiger partial charge is 0.243 e. The number of hydrogen-bond donors (Lipinski definition) is 2. The minimum absolute atomic E-state index is 0.0339. The summed E-state index contributed by atoms with van der Waals surface area (Å²) < 4.78 is 31.0. The van der Waals surface area contributed by atoms with Crippen molar-refractivity contribution in [1.82, 2.24) is 15.5 Å². The van der Waals surface area contributed by atoms with Crippen molar-refractivity contribution in [3.05, 3.63) is 28.8 Å². The summed E-state index contributed by atoms with van der Waals surface area (Å²) in [5.74, 6) is -3.49. The summed E-state index contributed by atoms with van der Waals surface area (Å²) in [6.45, 7) is 4.73. The van der Waals surface area contributed by atoms with Gasteiger partial charge in [0, 0.05) is 55.3 Å².